The summed E-state index contributed by atoms with van der Waals surface area (Å²) in [5, 5.41) is 9.50. The molecular formula is C11H18N2OS. The minimum absolute atomic E-state index is 0.296. The highest BCUT2D eigenvalue weighted by atomic mass is 32.2. The predicted molar refractivity (Wildman–Crippen MR) is 63.2 cm³/mol. The number of rotatable bonds is 6. The van der Waals surface area contributed by atoms with Gasteiger partial charge in [-0.3, -0.25) is 0 Å². The first-order valence-corrected chi connectivity index (χ1v) is 6.27. The highest BCUT2D eigenvalue weighted by Crippen LogP contribution is 2.16. The Morgan fingerprint density at radius 3 is 2.40 bits per heavy atom. The highest BCUT2D eigenvalue weighted by Gasteiger charge is 1.99. The van der Waals surface area contributed by atoms with Gasteiger partial charge in [-0.2, -0.15) is 0 Å². The van der Waals surface area contributed by atoms with Crippen LogP contribution in [0, 0.1) is 13.8 Å². The largest absolute Gasteiger partial charge is 0.396 e. The number of aromatic nitrogens is 2. The van der Waals surface area contributed by atoms with E-state index in [-0.39, 0.29) is 0 Å². The Balaban J connectivity index is 2.31. The first-order valence-electron chi connectivity index (χ1n) is 5.28. The second kappa shape index (κ2) is 6.80. The summed E-state index contributed by atoms with van der Waals surface area (Å²) in [7, 11) is 0. The lowest BCUT2D eigenvalue weighted by Gasteiger charge is -2.02. The summed E-state index contributed by atoms with van der Waals surface area (Å²) in [4.78, 5) is 8.71. The molecule has 0 fully saturated rings. The molecule has 0 aliphatic rings. The summed E-state index contributed by atoms with van der Waals surface area (Å²) in [6, 6.07) is 1.98. The van der Waals surface area contributed by atoms with Gasteiger partial charge in [-0.15, -0.1) is 0 Å². The van der Waals surface area contributed by atoms with Crippen LogP contribution in [0.25, 0.3) is 0 Å². The molecular weight excluding hydrogens is 208 g/mol. The molecule has 3 nitrogen and oxygen atoms in total. The third kappa shape index (κ3) is 5.14. The van der Waals surface area contributed by atoms with Crippen molar-refractivity contribution in [3.63, 3.8) is 0 Å². The van der Waals surface area contributed by atoms with Gasteiger partial charge in [-0.05, 0) is 32.8 Å². The van der Waals surface area contributed by atoms with Crippen molar-refractivity contribution in [2.75, 3.05) is 12.4 Å². The zero-order valence-corrected chi connectivity index (χ0v) is 10.2. The molecule has 0 unspecified atom stereocenters. The Morgan fingerprint density at radius 2 is 1.80 bits per heavy atom. The summed E-state index contributed by atoms with van der Waals surface area (Å²) in [5.74, 6) is 1.03. The zero-order chi connectivity index (χ0) is 11.1. The van der Waals surface area contributed by atoms with Crippen molar-refractivity contribution in [1.82, 2.24) is 9.97 Å². The van der Waals surface area contributed by atoms with E-state index in [0.717, 1.165) is 41.6 Å². The van der Waals surface area contributed by atoms with Gasteiger partial charge in [-0.25, -0.2) is 9.97 Å². The van der Waals surface area contributed by atoms with Crippen molar-refractivity contribution in [1.29, 1.82) is 0 Å². The second-order valence-corrected chi connectivity index (χ2v) is 4.63. The Kier molecular flexibility index (Phi) is 5.65. The van der Waals surface area contributed by atoms with Gasteiger partial charge >= 0.3 is 0 Å². The Bertz CT molecular complexity index is 284. The lowest BCUT2D eigenvalue weighted by Crippen LogP contribution is -1.94. The van der Waals surface area contributed by atoms with Crippen LogP contribution in [0.2, 0.25) is 0 Å². The summed E-state index contributed by atoms with van der Waals surface area (Å²) in [6.07, 6.45) is 3.09. The van der Waals surface area contributed by atoms with E-state index in [1.54, 1.807) is 11.8 Å². The molecule has 0 aliphatic carbocycles. The molecule has 4 heteroatoms. The lowest BCUT2D eigenvalue weighted by molar-refractivity contribution is 0.284. The van der Waals surface area contributed by atoms with Gasteiger partial charge in [0.1, 0.15) is 0 Å². The summed E-state index contributed by atoms with van der Waals surface area (Å²) in [5.41, 5.74) is 2.06. The number of hydrogen-bond donors (Lipinski definition) is 1. The summed E-state index contributed by atoms with van der Waals surface area (Å²) < 4.78 is 0. The second-order valence-electron chi connectivity index (χ2n) is 3.57. The van der Waals surface area contributed by atoms with Gasteiger partial charge in [-0.1, -0.05) is 18.2 Å². The average molecular weight is 226 g/mol. The zero-order valence-electron chi connectivity index (χ0n) is 9.36. The Morgan fingerprint density at radius 1 is 1.13 bits per heavy atom. The molecule has 0 bridgehead atoms. The molecule has 15 heavy (non-hydrogen) atoms. The van der Waals surface area contributed by atoms with E-state index >= 15 is 0 Å². The van der Waals surface area contributed by atoms with Gasteiger partial charge < -0.3 is 5.11 Å². The molecule has 1 rings (SSSR count). The number of nitrogens with zero attached hydrogens (tertiary/aromatic N) is 2. The summed E-state index contributed by atoms with van der Waals surface area (Å²) >= 11 is 1.70. The molecule has 0 amide bonds. The van der Waals surface area contributed by atoms with Crippen LogP contribution in [0.15, 0.2) is 11.2 Å². The maximum Gasteiger partial charge on any atom is 0.187 e. The molecule has 84 valence electrons. The molecule has 0 saturated carbocycles. The quantitative estimate of drug-likeness (QED) is 0.459. The monoisotopic (exact) mass is 226 g/mol. The number of aryl methyl sites for hydroxylation is 2. The molecule has 1 heterocycles. The van der Waals surface area contributed by atoms with Crippen molar-refractivity contribution in [2.45, 2.75) is 38.3 Å². The van der Waals surface area contributed by atoms with E-state index < -0.39 is 0 Å². The molecule has 0 spiro atoms. The number of hydrogen-bond acceptors (Lipinski definition) is 4. The van der Waals surface area contributed by atoms with Crippen LogP contribution >= 0.6 is 11.8 Å². The van der Waals surface area contributed by atoms with Crippen LogP contribution in [-0.4, -0.2) is 27.4 Å². The number of unbranched alkanes of at least 4 members (excludes halogenated alkanes) is 2. The van der Waals surface area contributed by atoms with Gasteiger partial charge in [0.05, 0.1) is 0 Å². The van der Waals surface area contributed by atoms with E-state index in [2.05, 4.69) is 9.97 Å². The highest BCUT2D eigenvalue weighted by molar-refractivity contribution is 7.99. The Labute approximate surface area is 95.3 Å². The standard InChI is InChI=1S/C11H18N2OS/c1-9-8-10(2)13-11(12-9)15-7-5-3-4-6-14/h8,14H,3-7H2,1-2H3. The van der Waals surface area contributed by atoms with E-state index in [1.165, 1.54) is 0 Å². The van der Waals surface area contributed by atoms with E-state index in [1.807, 2.05) is 19.9 Å². The SMILES string of the molecule is Cc1cc(C)nc(SCCCCCO)n1. The maximum absolute atomic E-state index is 8.62. The summed E-state index contributed by atoms with van der Waals surface area (Å²) in [6.45, 7) is 4.28. The Hall–Kier alpha value is -0.610. The minimum atomic E-state index is 0.296. The topological polar surface area (TPSA) is 46.0 Å². The predicted octanol–water partition coefficient (Wildman–Crippen LogP) is 2.35. The fourth-order valence-corrected chi connectivity index (χ4v) is 2.26. The fourth-order valence-electron chi connectivity index (χ4n) is 1.31. The van der Waals surface area contributed by atoms with Gasteiger partial charge in [0.15, 0.2) is 5.16 Å². The molecule has 1 aromatic heterocycles. The molecule has 0 aromatic carbocycles. The minimum Gasteiger partial charge on any atom is -0.396 e. The smallest absolute Gasteiger partial charge is 0.187 e. The van der Waals surface area contributed by atoms with E-state index in [0.29, 0.717) is 6.61 Å². The first kappa shape index (κ1) is 12.5. The van der Waals surface area contributed by atoms with Crippen LogP contribution in [0.5, 0.6) is 0 Å². The lowest BCUT2D eigenvalue weighted by atomic mass is 10.3. The fraction of sp³-hybridized carbons (Fsp3) is 0.636. The van der Waals surface area contributed by atoms with Crippen LogP contribution in [0.3, 0.4) is 0 Å². The van der Waals surface area contributed by atoms with Gasteiger partial charge in [0.2, 0.25) is 0 Å². The van der Waals surface area contributed by atoms with Crippen molar-refractivity contribution < 1.29 is 5.11 Å². The molecule has 0 radical (unpaired) electrons. The average Bonchev–Trinajstić information content (AvgIpc) is 2.16. The van der Waals surface area contributed by atoms with Gasteiger partial charge in [0.25, 0.3) is 0 Å². The van der Waals surface area contributed by atoms with Crippen LogP contribution in [0.1, 0.15) is 30.7 Å². The van der Waals surface area contributed by atoms with Crippen molar-refractivity contribution in [3.05, 3.63) is 17.5 Å². The van der Waals surface area contributed by atoms with Crippen molar-refractivity contribution >= 4 is 11.8 Å². The number of aliphatic hydroxyl groups excluding tert-OH is 1. The molecule has 0 saturated heterocycles. The van der Waals surface area contributed by atoms with Crippen LogP contribution in [-0.2, 0) is 0 Å². The van der Waals surface area contributed by atoms with E-state index in [9.17, 15) is 0 Å². The normalized spacial score (nSPS) is 10.6. The van der Waals surface area contributed by atoms with Crippen molar-refractivity contribution in [2.24, 2.45) is 0 Å². The van der Waals surface area contributed by atoms with Crippen LogP contribution < -0.4 is 0 Å². The molecule has 0 aliphatic heterocycles. The maximum atomic E-state index is 8.62. The van der Waals surface area contributed by atoms with Gasteiger partial charge in [0, 0.05) is 23.7 Å². The van der Waals surface area contributed by atoms with Crippen LogP contribution in [0.4, 0.5) is 0 Å². The molecule has 1 N–H and O–H groups in total. The van der Waals surface area contributed by atoms with E-state index in [4.69, 9.17) is 5.11 Å². The number of thioether (sulfide) groups is 1. The number of aliphatic hydroxyl groups is 1. The van der Waals surface area contributed by atoms with Crippen molar-refractivity contribution in [3.8, 4) is 0 Å². The molecule has 1 aromatic rings. The third-order valence-electron chi connectivity index (χ3n) is 2.00. The third-order valence-corrected chi connectivity index (χ3v) is 2.93. The molecule has 0 atom stereocenters. The first-order chi connectivity index (χ1) is 7.22.